The molecule has 0 aromatic rings. The van der Waals surface area contributed by atoms with Crippen LogP contribution in [0.3, 0.4) is 0 Å². The van der Waals surface area contributed by atoms with E-state index >= 15 is 0 Å². The molecule has 0 saturated carbocycles. The summed E-state index contributed by atoms with van der Waals surface area (Å²) in [4.78, 5) is 25.5. The number of rotatable bonds is 48. The SMILES string of the molecule is CCCCCCCCC(CCCCCCCC)OC.CCCCCCCCC(CCCCCCCC)OC(=O)CCCCCCCN(CCN)CCCCCCCC=O. The molecule has 6 nitrogen and oxygen atoms in total. The van der Waals surface area contributed by atoms with Crippen LogP contribution in [-0.4, -0.2) is 62.7 Å². The van der Waals surface area contributed by atoms with Gasteiger partial charge in [-0.25, -0.2) is 0 Å². The molecule has 0 amide bonds. The lowest BCUT2D eigenvalue weighted by Gasteiger charge is -2.21. The summed E-state index contributed by atoms with van der Waals surface area (Å²) in [5.41, 5.74) is 5.83. The first kappa shape index (κ1) is 60.1. The van der Waals surface area contributed by atoms with E-state index in [9.17, 15) is 9.59 Å². The maximum Gasteiger partial charge on any atom is 0.306 e. The van der Waals surface area contributed by atoms with Crippen molar-refractivity contribution < 1.29 is 19.1 Å². The summed E-state index contributed by atoms with van der Waals surface area (Å²) in [6, 6.07) is 0. The Labute approximate surface area is 370 Å². The number of esters is 1. The topological polar surface area (TPSA) is 81.9 Å². The first-order chi connectivity index (χ1) is 29.0. The maximum atomic E-state index is 12.6. The van der Waals surface area contributed by atoms with E-state index in [-0.39, 0.29) is 12.1 Å². The monoisotopic (exact) mass is 837 g/mol. The highest BCUT2D eigenvalue weighted by Gasteiger charge is 2.14. The molecule has 0 spiro atoms. The van der Waals surface area contributed by atoms with Gasteiger partial charge in [0.05, 0.1) is 6.10 Å². The van der Waals surface area contributed by atoms with E-state index in [1.807, 2.05) is 7.11 Å². The van der Waals surface area contributed by atoms with Crippen molar-refractivity contribution in [1.29, 1.82) is 0 Å². The van der Waals surface area contributed by atoms with Crippen LogP contribution in [0.15, 0.2) is 0 Å². The first-order valence-corrected chi connectivity index (χ1v) is 26.6. The minimum atomic E-state index is 0.0299. The average Bonchev–Trinajstić information content (AvgIpc) is 3.24. The van der Waals surface area contributed by atoms with Crippen molar-refractivity contribution in [3.8, 4) is 0 Å². The Morgan fingerprint density at radius 3 is 1.17 bits per heavy atom. The van der Waals surface area contributed by atoms with Crippen LogP contribution in [0.4, 0.5) is 0 Å². The Hall–Kier alpha value is -0.980. The number of nitrogens with two attached hydrogens (primary N) is 1. The molecule has 2 N–H and O–H groups in total. The Bertz CT molecular complexity index is 763. The zero-order valence-electron chi connectivity index (χ0n) is 41.0. The standard InChI is InChI=1S/C35H70N2O3.C18H38O/c1-3-5-7-9-14-20-26-34(27-21-15-10-8-6-4-2)40-35(39)28-22-16-13-18-24-31-37(32-29-36)30-23-17-11-12-19-25-33-38;1-4-6-8-10-12-14-16-18(19-3)17-15-13-11-9-7-5-2/h33-34H,3-32,36H2,1-2H3;18H,4-17H2,1-3H3. The summed E-state index contributed by atoms with van der Waals surface area (Å²) in [7, 11) is 1.89. The molecule has 0 heterocycles. The lowest BCUT2D eigenvalue weighted by atomic mass is 10.0. The molecule has 0 radical (unpaired) electrons. The number of aldehydes is 1. The van der Waals surface area contributed by atoms with E-state index < -0.39 is 0 Å². The van der Waals surface area contributed by atoms with Crippen molar-refractivity contribution in [2.75, 3.05) is 33.3 Å². The Kier molecular flexibility index (Phi) is 54.2. The van der Waals surface area contributed by atoms with Gasteiger partial charge >= 0.3 is 5.97 Å². The molecule has 0 aliphatic heterocycles. The number of carbonyl (C=O) groups excluding carboxylic acids is 2. The van der Waals surface area contributed by atoms with Gasteiger partial charge in [-0.1, -0.05) is 207 Å². The number of carbonyl (C=O) groups is 2. The molecule has 0 aromatic heterocycles. The number of nitrogens with zero attached hydrogens (tertiary/aromatic N) is 1. The molecule has 0 rings (SSSR count). The average molecular weight is 837 g/mol. The summed E-state index contributed by atoms with van der Waals surface area (Å²) >= 11 is 0. The van der Waals surface area contributed by atoms with Crippen LogP contribution < -0.4 is 5.73 Å². The summed E-state index contributed by atoms with van der Waals surface area (Å²) in [5, 5.41) is 0. The van der Waals surface area contributed by atoms with Crippen molar-refractivity contribution in [1.82, 2.24) is 4.90 Å². The Morgan fingerprint density at radius 1 is 0.458 bits per heavy atom. The highest BCUT2D eigenvalue weighted by atomic mass is 16.5. The van der Waals surface area contributed by atoms with Gasteiger partial charge in [0.25, 0.3) is 0 Å². The van der Waals surface area contributed by atoms with Gasteiger partial charge in [-0.05, 0) is 77.3 Å². The third kappa shape index (κ3) is 49.6. The number of ether oxygens (including phenoxy) is 2. The van der Waals surface area contributed by atoms with Crippen LogP contribution in [0.2, 0.25) is 0 Å². The molecule has 0 saturated heterocycles. The van der Waals surface area contributed by atoms with Gasteiger partial charge in [-0.15, -0.1) is 0 Å². The highest BCUT2D eigenvalue weighted by molar-refractivity contribution is 5.69. The summed E-state index contributed by atoms with van der Waals surface area (Å²) in [6.07, 6.45) is 51.4. The maximum absolute atomic E-state index is 12.6. The van der Waals surface area contributed by atoms with E-state index in [1.54, 1.807) is 0 Å². The molecule has 0 aromatic carbocycles. The van der Waals surface area contributed by atoms with Crippen LogP contribution in [0.5, 0.6) is 0 Å². The largest absolute Gasteiger partial charge is 0.462 e. The molecule has 0 aliphatic carbocycles. The third-order valence-corrected chi connectivity index (χ3v) is 12.2. The predicted molar refractivity (Wildman–Crippen MR) is 260 cm³/mol. The molecule has 6 heteroatoms. The van der Waals surface area contributed by atoms with Gasteiger partial charge in [0, 0.05) is 33.0 Å². The van der Waals surface area contributed by atoms with Crippen molar-refractivity contribution in [2.24, 2.45) is 5.73 Å². The van der Waals surface area contributed by atoms with E-state index in [1.165, 1.54) is 212 Å². The third-order valence-electron chi connectivity index (χ3n) is 12.2. The molecule has 59 heavy (non-hydrogen) atoms. The lowest BCUT2D eigenvalue weighted by Crippen LogP contribution is -2.31. The van der Waals surface area contributed by atoms with Crippen molar-refractivity contribution >= 4 is 12.3 Å². The molecular formula is C53H108N2O4. The molecule has 0 bridgehead atoms. The zero-order valence-corrected chi connectivity index (χ0v) is 41.0. The fraction of sp³-hybridized carbons (Fsp3) is 0.962. The second-order valence-corrected chi connectivity index (χ2v) is 18.1. The van der Waals surface area contributed by atoms with Gasteiger partial charge in [-0.3, -0.25) is 4.79 Å². The van der Waals surface area contributed by atoms with E-state index in [4.69, 9.17) is 15.2 Å². The van der Waals surface area contributed by atoms with Crippen LogP contribution in [0, 0.1) is 0 Å². The van der Waals surface area contributed by atoms with Gasteiger partial charge in [0.1, 0.15) is 12.4 Å². The number of unbranched alkanes of at least 4 members (excludes halogenated alkanes) is 29. The van der Waals surface area contributed by atoms with Crippen molar-refractivity contribution in [3.05, 3.63) is 0 Å². The van der Waals surface area contributed by atoms with Gasteiger partial charge in [-0.2, -0.15) is 0 Å². The minimum Gasteiger partial charge on any atom is -0.462 e. The Balaban J connectivity index is 0. The van der Waals surface area contributed by atoms with Crippen LogP contribution in [0.25, 0.3) is 0 Å². The van der Waals surface area contributed by atoms with E-state index in [0.29, 0.717) is 18.9 Å². The summed E-state index contributed by atoms with van der Waals surface area (Å²) in [5.74, 6) is 0.0299. The van der Waals surface area contributed by atoms with Gasteiger partial charge in [0.2, 0.25) is 0 Å². The molecule has 354 valence electrons. The fourth-order valence-corrected chi connectivity index (χ4v) is 8.24. The van der Waals surface area contributed by atoms with Crippen molar-refractivity contribution in [3.63, 3.8) is 0 Å². The zero-order chi connectivity index (χ0) is 43.5. The Morgan fingerprint density at radius 2 is 0.797 bits per heavy atom. The van der Waals surface area contributed by atoms with Crippen molar-refractivity contribution in [2.45, 2.75) is 297 Å². The summed E-state index contributed by atoms with van der Waals surface area (Å²) < 4.78 is 11.6. The summed E-state index contributed by atoms with van der Waals surface area (Å²) in [6.45, 7) is 13.0. The minimum absolute atomic E-state index is 0.0299. The molecular weight excluding hydrogens is 729 g/mol. The van der Waals surface area contributed by atoms with E-state index in [0.717, 1.165) is 64.6 Å². The quantitative estimate of drug-likeness (QED) is 0.0373. The van der Waals surface area contributed by atoms with Gasteiger partial charge in [0.15, 0.2) is 0 Å². The predicted octanol–water partition coefficient (Wildman–Crippen LogP) is 16.0. The molecule has 0 unspecified atom stereocenters. The van der Waals surface area contributed by atoms with Crippen LogP contribution >= 0.6 is 0 Å². The molecule has 0 fully saturated rings. The van der Waals surface area contributed by atoms with E-state index in [2.05, 4.69) is 32.6 Å². The number of hydrogen-bond donors (Lipinski definition) is 1. The normalized spacial score (nSPS) is 11.5. The smallest absolute Gasteiger partial charge is 0.306 e. The number of methoxy groups -OCH3 is 1. The molecule has 0 aliphatic rings. The van der Waals surface area contributed by atoms with Crippen LogP contribution in [0.1, 0.15) is 285 Å². The van der Waals surface area contributed by atoms with Crippen LogP contribution in [-0.2, 0) is 19.1 Å². The number of hydrogen-bond acceptors (Lipinski definition) is 6. The second kappa shape index (κ2) is 53.2. The second-order valence-electron chi connectivity index (χ2n) is 18.1. The van der Waals surface area contributed by atoms with Gasteiger partial charge < -0.3 is 24.9 Å². The lowest BCUT2D eigenvalue weighted by molar-refractivity contribution is -0.150. The first-order valence-electron chi connectivity index (χ1n) is 26.6. The molecule has 0 atom stereocenters. The highest BCUT2D eigenvalue weighted by Crippen LogP contribution is 2.19. The fourth-order valence-electron chi connectivity index (χ4n) is 8.24.